The van der Waals surface area contributed by atoms with Crippen LogP contribution in [0.2, 0.25) is 0 Å². The highest BCUT2D eigenvalue weighted by Gasteiger charge is 2.23. The molecule has 0 radical (unpaired) electrons. The number of hydrogen-bond acceptors (Lipinski definition) is 2. The van der Waals surface area contributed by atoms with Crippen molar-refractivity contribution >= 4 is 39.5 Å². The monoisotopic (exact) mass is 524 g/mol. The van der Waals surface area contributed by atoms with Crippen molar-refractivity contribution in [2.24, 2.45) is 0 Å². The van der Waals surface area contributed by atoms with Crippen molar-refractivity contribution in [1.82, 2.24) is 5.32 Å². The van der Waals surface area contributed by atoms with E-state index in [1.54, 1.807) is 0 Å². The SMILES string of the molecule is N=C(/C(=C1\NC(c2ccccc2)=Cc2ccccc21)c1ccccc1)c1cccc(-c2cccc3ccccc23)c1. The molecule has 0 spiro atoms. The molecule has 0 saturated heterocycles. The lowest BCUT2D eigenvalue weighted by Crippen LogP contribution is -2.20. The largest absolute Gasteiger partial charge is 0.354 e. The van der Waals surface area contributed by atoms with Gasteiger partial charge in [-0.1, -0.05) is 146 Å². The van der Waals surface area contributed by atoms with Gasteiger partial charge in [0, 0.05) is 22.4 Å². The molecule has 2 heteroatoms. The lowest BCUT2D eigenvalue weighted by molar-refractivity contribution is 1.22. The number of nitrogens with one attached hydrogen (secondary N) is 2. The van der Waals surface area contributed by atoms with Gasteiger partial charge in [0.15, 0.2) is 0 Å². The predicted molar refractivity (Wildman–Crippen MR) is 173 cm³/mol. The summed E-state index contributed by atoms with van der Waals surface area (Å²) in [6, 6.07) is 52.4. The molecule has 6 aromatic rings. The minimum absolute atomic E-state index is 0.477. The zero-order valence-electron chi connectivity index (χ0n) is 22.5. The molecule has 6 aromatic carbocycles. The molecule has 0 fully saturated rings. The van der Waals surface area contributed by atoms with E-state index in [-0.39, 0.29) is 0 Å². The fourth-order valence-electron chi connectivity index (χ4n) is 5.70. The minimum Gasteiger partial charge on any atom is -0.354 e. The zero-order chi connectivity index (χ0) is 27.6. The van der Waals surface area contributed by atoms with E-state index in [9.17, 15) is 5.41 Å². The molecule has 0 aromatic heterocycles. The molecule has 0 bridgehead atoms. The molecule has 194 valence electrons. The predicted octanol–water partition coefficient (Wildman–Crippen LogP) is 9.54. The van der Waals surface area contributed by atoms with Crippen molar-refractivity contribution in [2.45, 2.75) is 0 Å². The Labute approximate surface area is 240 Å². The van der Waals surface area contributed by atoms with Crippen LogP contribution in [0.3, 0.4) is 0 Å². The molecule has 1 aliphatic heterocycles. The number of hydrogen-bond donors (Lipinski definition) is 2. The van der Waals surface area contributed by atoms with E-state index in [2.05, 4.69) is 133 Å². The first-order valence-corrected chi connectivity index (χ1v) is 13.9. The maximum atomic E-state index is 9.68. The van der Waals surface area contributed by atoms with Crippen molar-refractivity contribution < 1.29 is 0 Å². The molecule has 7 rings (SSSR count). The van der Waals surface area contributed by atoms with Crippen LogP contribution in [0.25, 0.3) is 44.9 Å². The molecule has 0 saturated carbocycles. The second kappa shape index (κ2) is 10.6. The molecule has 0 amide bonds. The highest BCUT2D eigenvalue weighted by molar-refractivity contribution is 6.36. The molecule has 0 unspecified atom stereocenters. The first kappa shape index (κ1) is 24.6. The summed E-state index contributed by atoms with van der Waals surface area (Å²) in [6.45, 7) is 0. The summed E-state index contributed by atoms with van der Waals surface area (Å²) in [4.78, 5) is 0. The van der Waals surface area contributed by atoms with Crippen molar-refractivity contribution in [3.63, 3.8) is 0 Å². The maximum absolute atomic E-state index is 9.68. The van der Waals surface area contributed by atoms with Crippen LogP contribution in [-0.4, -0.2) is 5.71 Å². The smallest absolute Gasteiger partial charge is 0.0711 e. The van der Waals surface area contributed by atoms with Crippen LogP contribution in [0.15, 0.2) is 152 Å². The Kier molecular flexibility index (Phi) is 6.35. The van der Waals surface area contributed by atoms with Gasteiger partial charge < -0.3 is 5.32 Å². The molecule has 0 aliphatic carbocycles. The maximum Gasteiger partial charge on any atom is 0.0711 e. The fourth-order valence-corrected chi connectivity index (χ4v) is 5.70. The lowest BCUT2D eigenvalue weighted by Gasteiger charge is -2.26. The summed E-state index contributed by atoms with van der Waals surface area (Å²) in [7, 11) is 0. The Hall–Kier alpha value is -5.47. The summed E-state index contributed by atoms with van der Waals surface area (Å²) in [6.07, 6.45) is 2.20. The molecular weight excluding hydrogens is 496 g/mol. The van der Waals surface area contributed by atoms with Crippen LogP contribution < -0.4 is 5.32 Å². The van der Waals surface area contributed by atoms with Gasteiger partial charge in [0.05, 0.1) is 11.4 Å². The van der Waals surface area contributed by atoms with Gasteiger partial charge in [0.1, 0.15) is 0 Å². The van der Waals surface area contributed by atoms with E-state index in [0.717, 1.165) is 50.3 Å². The Morgan fingerprint density at radius 2 is 1.12 bits per heavy atom. The van der Waals surface area contributed by atoms with Gasteiger partial charge in [0.2, 0.25) is 0 Å². The van der Waals surface area contributed by atoms with Crippen LogP contribution in [0.1, 0.15) is 27.8 Å². The average Bonchev–Trinajstić information content (AvgIpc) is 3.05. The van der Waals surface area contributed by atoms with E-state index in [4.69, 9.17) is 0 Å². The summed E-state index contributed by atoms with van der Waals surface area (Å²) < 4.78 is 0. The highest BCUT2D eigenvalue weighted by atomic mass is 14.9. The van der Waals surface area contributed by atoms with Crippen LogP contribution in [-0.2, 0) is 0 Å². The first-order chi connectivity index (χ1) is 20.3. The molecular formula is C39H28N2. The number of benzene rings is 6. The summed E-state index contributed by atoms with van der Waals surface area (Å²) in [5.41, 5.74) is 10.8. The molecule has 2 nitrogen and oxygen atoms in total. The molecule has 1 heterocycles. The van der Waals surface area contributed by atoms with Crippen LogP contribution >= 0.6 is 0 Å². The normalized spacial score (nSPS) is 13.6. The Morgan fingerprint density at radius 1 is 0.512 bits per heavy atom. The van der Waals surface area contributed by atoms with Crippen LogP contribution in [0.5, 0.6) is 0 Å². The average molecular weight is 525 g/mol. The lowest BCUT2D eigenvalue weighted by atomic mass is 9.87. The third-order valence-electron chi connectivity index (χ3n) is 7.69. The zero-order valence-corrected chi connectivity index (χ0v) is 22.5. The van der Waals surface area contributed by atoms with E-state index < -0.39 is 0 Å². The summed E-state index contributed by atoms with van der Waals surface area (Å²) >= 11 is 0. The van der Waals surface area contributed by atoms with Gasteiger partial charge in [-0.15, -0.1) is 0 Å². The molecule has 1 aliphatic rings. The molecule has 2 N–H and O–H groups in total. The van der Waals surface area contributed by atoms with Crippen molar-refractivity contribution in [2.75, 3.05) is 0 Å². The van der Waals surface area contributed by atoms with E-state index in [0.29, 0.717) is 5.71 Å². The summed E-state index contributed by atoms with van der Waals surface area (Å²) in [5, 5.41) is 15.8. The Morgan fingerprint density at radius 3 is 1.98 bits per heavy atom. The van der Waals surface area contributed by atoms with Gasteiger partial charge in [-0.25, -0.2) is 0 Å². The van der Waals surface area contributed by atoms with Crippen LogP contribution in [0.4, 0.5) is 0 Å². The van der Waals surface area contributed by atoms with E-state index in [1.165, 1.54) is 16.3 Å². The third kappa shape index (κ3) is 4.66. The first-order valence-electron chi connectivity index (χ1n) is 13.9. The van der Waals surface area contributed by atoms with Gasteiger partial charge in [-0.05, 0) is 50.7 Å². The minimum atomic E-state index is 0.477. The number of allylic oxidation sites excluding steroid dienone is 1. The molecule has 41 heavy (non-hydrogen) atoms. The highest BCUT2D eigenvalue weighted by Crippen LogP contribution is 2.37. The van der Waals surface area contributed by atoms with Crippen LogP contribution in [0, 0.1) is 5.41 Å². The topological polar surface area (TPSA) is 35.9 Å². The molecule has 0 atom stereocenters. The quantitative estimate of drug-likeness (QED) is 0.216. The standard InChI is InChI=1S/C39H28N2/c40-38(32-21-11-20-30(25-32)34-24-12-19-27-13-7-9-22-33(27)34)37(29-16-5-2-6-17-29)39-35-23-10-8-18-31(35)26-36(41-39)28-14-3-1-4-15-28/h1-26,40-41H/b39-37-,40-38?. The number of rotatable bonds is 5. The third-order valence-corrected chi connectivity index (χ3v) is 7.69. The van der Waals surface area contributed by atoms with Gasteiger partial charge in [-0.2, -0.15) is 0 Å². The summed E-state index contributed by atoms with van der Waals surface area (Å²) in [5.74, 6) is 0. The van der Waals surface area contributed by atoms with Crippen molar-refractivity contribution in [3.05, 3.63) is 179 Å². The second-order valence-corrected chi connectivity index (χ2v) is 10.2. The second-order valence-electron chi connectivity index (χ2n) is 10.2. The van der Waals surface area contributed by atoms with Crippen molar-refractivity contribution in [3.8, 4) is 11.1 Å². The fraction of sp³-hybridized carbons (Fsp3) is 0. The van der Waals surface area contributed by atoms with E-state index in [1.807, 2.05) is 30.3 Å². The van der Waals surface area contributed by atoms with Crippen molar-refractivity contribution in [1.29, 1.82) is 5.41 Å². The van der Waals surface area contributed by atoms with E-state index >= 15 is 0 Å². The van der Waals surface area contributed by atoms with Gasteiger partial charge in [0.25, 0.3) is 0 Å². The number of fused-ring (bicyclic) bond motifs is 2. The Balaban J connectivity index is 1.41. The van der Waals surface area contributed by atoms with Gasteiger partial charge in [-0.3, -0.25) is 5.41 Å². The van der Waals surface area contributed by atoms with Gasteiger partial charge >= 0.3 is 0 Å². The Bertz CT molecular complexity index is 1960.